The molecule has 2 aromatic rings. The summed E-state index contributed by atoms with van der Waals surface area (Å²) in [5.41, 5.74) is -0.483. The Hall–Kier alpha value is -2.00. The number of hydrogen-bond acceptors (Lipinski definition) is 5. The van der Waals surface area contributed by atoms with Crippen LogP contribution in [0.3, 0.4) is 0 Å². The molecule has 0 amide bonds. The van der Waals surface area contributed by atoms with Crippen molar-refractivity contribution in [3.05, 3.63) is 34.3 Å². The average Bonchev–Trinajstić information content (AvgIpc) is 3.07. The topological polar surface area (TPSA) is 83.0 Å². The SMILES string of the molecule is CNC1CCC(C(C)Nc2cc(-c3n[nH]c(=O)o3)ccc2C(F)(F)F)CC1.Cl. The largest absolute Gasteiger partial charge is 0.434 e. The van der Waals surface area contributed by atoms with E-state index in [1.807, 2.05) is 14.0 Å². The maximum Gasteiger partial charge on any atom is 0.434 e. The number of H-pyrrole nitrogens is 1. The van der Waals surface area contributed by atoms with Crippen LogP contribution < -0.4 is 16.4 Å². The molecule has 1 fully saturated rings. The summed E-state index contributed by atoms with van der Waals surface area (Å²) >= 11 is 0. The van der Waals surface area contributed by atoms with Gasteiger partial charge in [-0.15, -0.1) is 17.5 Å². The summed E-state index contributed by atoms with van der Waals surface area (Å²) in [5, 5.41) is 12.1. The number of rotatable bonds is 5. The zero-order chi connectivity index (χ0) is 19.6. The Morgan fingerprint density at radius 1 is 1.25 bits per heavy atom. The molecule has 0 radical (unpaired) electrons. The van der Waals surface area contributed by atoms with Gasteiger partial charge in [-0.25, -0.2) is 9.89 Å². The van der Waals surface area contributed by atoms with Crippen LogP contribution >= 0.6 is 12.4 Å². The van der Waals surface area contributed by atoms with Gasteiger partial charge in [-0.05, 0) is 63.8 Å². The van der Waals surface area contributed by atoms with E-state index in [1.54, 1.807) is 0 Å². The fourth-order valence-electron chi connectivity index (χ4n) is 3.67. The lowest BCUT2D eigenvalue weighted by Gasteiger charge is -2.33. The molecule has 10 heteroatoms. The molecule has 1 atom stereocenters. The third-order valence-corrected chi connectivity index (χ3v) is 5.28. The lowest BCUT2D eigenvalue weighted by molar-refractivity contribution is -0.137. The Kier molecular flexibility index (Phi) is 7.16. The molecule has 0 bridgehead atoms. The maximum absolute atomic E-state index is 13.4. The van der Waals surface area contributed by atoms with Gasteiger partial charge < -0.3 is 15.1 Å². The van der Waals surface area contributed by atoms with Crippen LogP contribution in [0.5, 0.6) is 0 Å². The Labute approximate surface area is 166 Å². The standard InChI is InChI=1S/C18H23F3N4O2.ClH/c1-10(11-3-6-13(22-2)7-4-11)23-15-9-12(16-24-25-17(26)27-16)5-8-14(15)18(19,20)21;/h5,8-11,13,22-23H,3-4,6-7H2,1-2H3,(H,25,26);1H. The number of alkyl halides is 3. The summed E-state index contributed by atoms with van der Waals surface area (Å²) in [5.74, 6) is -0.504. The van der Waals surface area contributed by atoms with Crippen molar-refractivity contribution >= 4 is 18.1 Å². The molecular formula is C18H24ClF3N4O2. The number of aromatic amines is 1. The Bertz CT molecular complexity index is 829. The molecule has 1 aliphatic rings. The van der Waals surface area contributed by atoms with Gasteiger partial charge in [-0.3, -0.25) is 0 Å². The minimum atomic E-state index is -4.49. The first-order chi connectivity index (χ1) is 12.8. The molecule has 3 N–H and O–H groups in total. The highest BCUT2D eigenvalue weighted by atomic mass is 35.5. The van der Waals surface area contributed by atoms with Gasteiger partial charge in [0.2, 0.25) is 5.89 Å². The summed E-state index contributed by atoms with van der Waals surface area (Å²) in [6.45, 7) is 1.91. The third-order valence-electron chi connectivity index (χ3n) is 5.28. The summed E-state index contributed by atoms with van der Waals surface area (Å²) in [7, 11) is 1.93. The van der Waals surface area contributed by atoms with Gasteiger partial charge in [0.15, 0.2) is 0 Å². The van der Waals surface area contributed by atoms with E-state index in [2.05, 4.69) is 20.8 Å². The predicted octanol–water partition coefficient (Wildman–Crippen LogP) is 4.05. The van der Waals surface area contributed by atoms with Crippen molar-refractivity contribution in [3.8, 4) is 11.5 Å². The van der Waals surface area contributed by atoms with E-state index in [-0.39, 0.29) is 30.0 Å². The van der Waals surface area contributed by atoms with Gasteiger partial charge >= 0.3 is 11.9 Å². The highest BCUT2D eigenvalue weighted by Crippen LogP contribution is 2.38. The summed E-state index contributed by atoms with van der Waals surface area (Å²) in [6.07, 6.45) is -0.559. The second-order valence-corrected chi connectivity index (χ2v) is 7.01. The number of benzene rings is 1. The highest BCUT2D eigenvalue weighted by molar-refractivity contribution is 5.85. The maximum atomic E-state index is 13.4. The normalized spacial score (nSPS) is 21.0. The average molecular weight is 421 g/mol. The number of halogens is 4. The smallest absolute Gasteiger partial charge is 0.388 e. The number of nitrogens with one attached hydrogen (secondary N) is 3. The van der Waals surface area contributed by atoms with Crippen LogP contribution in [-0.4, -0.2) is 29.3 Å². The summed E-state index contributed by atoms with van der Waals surface area (Å²) < 4.78 is 45.2. The molecule has 0 saturated heterocycles. The Morgan fingerprint density at radius 3 is 2.46 bits per heavy atom. The molecule has 1 aromatic carbocycles. The first-order valence-electron chi connectivity index (χ1n) is 8.99. The monoisotopic (exact) mass is 420 g/mol. The molecule has 156 valence electrons. The van der Waals surface area contributed by atoms with Crippen molar-refractivity contribution in [2.24, 2.45) is 5.92 Å². The number of nitrogens with zero attached hydrogens (tertiary/aromatic N) is 1. The second-order valence-electron chi connectivity index (χ2n) is 7.01. The zero-order valence-electron chi connectivity index (χ0n) is 15.6. The van der Waals surface area contributed by atoms with Crippen LogP contribution in [0.1, 0.15) is 38.2 Å². The van der Waals surface area contributed by atoms with E-state index < -0.39 is 17.5 Å². The highest BCUT2D eigenvalue weighted by Gasteiger charge is 2.35. The summed E-state index contributed by atoms with van der Waals surface area (Å²) in [6, 6.07) is 3.92. The molecule has 1 unspecified atom stereocenters. The minimum Gasteiger partial charge on any atom is -0.388 e. The minimum absolute atomic E-state index is 0. The first-order valence-corrected chi connectivity index (χ1v) is 8.99. The zero-order valence-corrected chi connectivity index (χ0v) is 16.4. The molecular weight excluding hydrogens is 397 g/mol. The molecule has 1 heterocycles. The van der Waals surface area contributed by atoms with Crippen molar-refractivity contribution in [3.63, 3.8) is 0 Å². The first kappa shape index (κ1) is 22.3. The van der Waals surface area contributed by atoms with E-state index in [1.165, 1.54) is 12.1 Å². The van der Waals surface area contributed by atoms with Gasteiger partial charge in [0.1, 0.15) is 0 Å². The molecule has 0 spiro atoms. The van der Waals surface area contributed by atoms with Crippen LogP contribution in [0.25, 0.3) is 11.5 Å². The van der Waals surface area contributed by atoms with Crippen molar-refractivity contribution in [1.82, 2.24) is 15.5 Å². The second kappa shape index (κ2) is 9.00. The van der Waals surface area contributed by atoms with Crippen LogP contribution in [0.4, 0.5) is 18.9 Å². The van der Waals surface area contributed by atoms with Crippen molar-refractivity contribution in [1.29, 1.82) is 0 Å². The molecule has 28 heavy (non-hydrogen) atoms. The van der Waals surface area contributed by atoms with Crippen molar-refractivity contribution < 1.29 is 17.6 Å². The van der Waals surface area contributed by atoms with Crippen LogP contribution in [0.15, 0.2) is 27.4 Å². The number of aromatic nitrogens is 2. The molecule has 1 aliphatic carbocycles. The quantitative estimate of drug-likeness (QED) is 0.679. The van der Waals surface area contributed by atoms with E-state index >= 15 is 0 Å². The lowest BCUT2D eigenvalue weighted by Crippen LogP contribution is -2.36. The van der Waals surface area contributed by atoms with Crippen molar-refractivity contribution in [2.75, 3.05) is 12.4 Å². The Balaban J connectivity index is 0.00000280. The molecule has 3 rings (SSSR count). The summed E-state index contributed by atoms with van der Waals surface area (Å²) in [4.78, 5) is 11.1. The lowest BCUT2D eigenvalue weighted by atomic mass is 9.82. The molecule has 0 aliphatic heterocycles. The van der Waals surface area contributed by atoms with E-state index in [9.17, 15) is 18.0 Å². The van der Waals surface area contributed by atoms with Gasteiger partial charge in [-0.1, -0.05) is 0 Å². The molecule has 1 saturated carbocycles. The Morgan fingerprint density at radius 2 is 1.93 bits per heavy atom. The fraction of sp³-hybridized carbons (Fsp3) is 0.556. The van der Waals surface area contributed by atoms with Crippen LogP contribution in [0, 0.1) is 5.92 Å². The molecule has 1 aromatic heterocycles. The van der Waals surface area contributed by atoms with Crippen molar-refractivity contribution in [2.45, 2.75) is 50.9 Å². The fourth-order valence-corrected chi connectivity index (χ4v) is 3.67. The number of anilines is 1. The molecule has 6 nitrogen and oxygen atoms in total. The van der Waals surface area contributed by atoms with Gasteiger partial charge in [0, 0.05) is 23.3 Å². The van der Waals surface area contributed by atoms with Gasteiger partial charge in [0.25, 0.3) is 0 Å². The predicted molar refractivity (Wildman–Crippen MR) is 103 cm³/mol. The number of hydrogen-bond donors (Lipinski definition) is 3. The van der Waals surface area contributed by atoms with Gasteiger partial charge in [0.05, 0.1) is 5.56 Å². The third kappa shape index (κ3) is 5.08. The van der Waals surface area contributed by atoms with Gasteiger partial charge in [-0.2, -0.15) is 13.2 Å². The van der Waals surface area contributed by atoms with Crippen LogP contribution in [-0.2, 0) is 6.18 Å². The van der Waals surface area contributed by atoms with E-state index in [4.69, 9.17) is 4.42 Å². The van der Waals surface area contributed by atoms with E-state index in [0.29, 0.717) is 17.5 Å². The van der Waals surface area contributed by atoms with Crippen LogP contribution in [0.2, 0.25) is 0 Å². The van der Waals surface area contributed by atoms with E-state index in [0.717, 1.165) is 31.7 Å².